The van der Waals surface area contributed by atoms with Crippen LogP contribution in [0.1, 0.15) is 38.6 Å². The lowest BCUT2D eigenvalue weighted by molar-refractivity contribution is 0.112. The molecule has 6 heterocycles. The number of sulfonamides is 1. The molecule has 19 nitrogen and oxygen atoms in total. The molecule has 0 aliphatic carbocycles. The minimum Gasteiger partial charge on any atom is -0.497 e. The van der Waals surface area contributed by atoms with E-state index in [2.05, 4.69) is 63.3 Å². The van der Waals surface area contributed by atoms with Crippen LogP contribution >= 0.6 is 45.5 Å². The van der Waals surface area contributed by atoms with Gasteiger partial charge in [-0.2, -0.15) is 4.31 Å². The van der Waals surface area contributed by atoms with Crippen LogP contribution in [-0.4, -0.2) is 111 Å². The number of aldehydes is 1. The first-order valence-electron chi connectivity index (χ1n) is 29.0. The molecule has 0 unspecified atom stereocenters. The monoisotopic (exact) mass is 1370 g/mol. The third-order valence-electron chi connectivity index (χ3n) is 13.4. The second-order valence-corrected chi connectivity index (χ2v) is 26.2. The molecule has 11 rings (SSSR count). The third kappa shape index (κ3) is 22.6. The van der Waals surface area contributed by atoms with Gasteiger partial charge in [0.25, 0.3) is 9.05 Å². The number of hydrogen-bond donors (Lipinski definition) is 5. The van der Waals surface area contributed by atoms with Crippen molar-refractivity contribution in [1.29, 1.82) is 0 Å². The van der Waals surface area contributed by atoms with Crippen LogP contribution in [-0.2, 0) is 32.2 Å². The Kier molecular flexibility index (Phi) is 27.8. The zero-order chi connectivity index (χ0) is 66.8. The fourth-order valence-corrected chi connectivity index (χ4v) is 11.7. The Bertz CT molecular complexity index is 4430. The standard InChI is InChI=1S/C25H25ClN4O3S.C18H19ClN4.C12H14ClN3.C7H7ClO3S.C6H5NO/c1-18-14-25(23-15-20(26)5-10-24(23)29-18)28-12-13-30(17-19-4-3-11-27-16-19)34(31,32)22-8-6-21(33-2)7-9-22;1-13-9-18(16-10-15(19)4-5-17(16)23-13)22-8-7-21-12-14-3-2-6-20-11-14;1-8-6-12(15-5-4-14)10-7-9(13)2-3-11(10)16-8;1-11-6-2-4-7(5-3-6)12(8,9)10;8-5-6-2-1-3-7-4-6/h3-11,14-16H,12-13,17H2,1-2H3,(H,28,29);2-6,9-11,21H,7-8,12H2,1H3,(H,22,23);2-3,6-7H,4-5,14H2,1H3,(H,15,16);2-5H,1H3;1-5H. The largest absolute Gasteiger partial charge is 0.497 e. The smallest absolute Gasteiger partial charge is 0.261 e. The maximum absolute atomic E-state index is 13.5. The van der Waals surface area contributed by atoms with Crippen molar-refractivity contribution in [3.63, 3.8) is 0 Å². The van der Waals surface area contributed by atoms with Crippen molar-refractivity contribution < 1.29 is 31.1 Å². The molecule has 0 radical (unpaired) electrons. The van der Waals surface area contributed by atoms with Crippen LogP contribution in [0.3, 0.4) is 0 Å². The molecule has 0 amide bonds. The highest BCUT2D eigenvalue weighted by Crippen LogP contribution is 2.30. The molecule has 93 heavy (non-hydrogen) atoms. The number of rotatable bonds is 21. The Hall–Kier alpha value is -8.61. The number of anilines is 3. The lowest BCUT2D eigenvalue weighted by Gasteiger charge is -2.23. The number of methoxy groups -OCH3 is 2. The van der Waals surface area contributed by atoms with Gasteiger partial charge in [0.2, 0.25) is 10.0 Å². The van der Waals surface area contributed by atoms with Crippen LogP contribution in [0.2, 0.25) is 15.1 Å². The summed E-state index contributed by atoms with van der Waals surface area (Å²) in [4.78, 5) is 35.7. The summed E-state index contributed by atoms with van der Waals surface area (Å²) in [5.74, 6) is 1.19. The molecule has 0 atom stereocenters. The molecular formula is C68H70Cl4N12O7S2. The summed E-state index contributed by atoms with van der Waals surface area (Å²) < 4.78 is 60.0. The van der Waals surface area contributed by atoms with Crippen molar-refractivity contribution in [2.24, 2.45) is 5.73 Å². The third-order valence-corrected chi connectivity index (χ3v) is 17.4. The second-order valence-electron chi connectivity index (χ2n) is 20.4. The van der Waals surface area contributed by atoms with Crippen LogP contribution in [0.5, 0.6) is 11.5 Å². The Balaban J connectivity index is 0.000000179. The quantitative estimate of drug-likeness (QED) is 0.0254. The van der Waals surface area contributed by atoms with E-state index in [0.717, 1.165) is 110 Å². The number of nitrogens with zero attached hydrogens (tertiary/aromatic N) is 7. The summed E-state index contributed by atoms with van der Waals surface area (Å²) in [6, 6.07) is 46.4. The highest BCUT2D eigenvalue weighted by Gasteiger charge is 2.25. The van der Waals surface area contributed by atoms with Crippen LogP contribution in [0.4, 0.5) is 17.1 Å². The van der Waals surface area contributed by atoms with Gasteiger partial charge in [-0.1, -0.05) is 46.9 Å². The molecule has 0 fully saturated rings. The lowest BCUT2D eigenvalue weighted by Crippen LogP contribution is -2.34. The zero-order valence-electron chi connectivity index (χ0n) is 51.6. The number of halogens is 4. The number of pyridine rings is 6. The Morgan fingerprint density at radius 3 is 1.34 bits per heavy atom. The van der Waals surface area contributed by atoms with Crippen LogP contribution in [0, 0.1) is 20.8 Å². The van der Waals surface area contributed by atoms with Gasteiger partial charge in [0.15, 0.2) is 6.29 Å². The number of carbonyl (C=O) groups excluding carboxylic acids is 1. The Morgan fingerprint density at radius 2 is 0.946 bits per heavy atom. The molecule has 25 heteroatoms. The van der Waals surface area contributed by atoms with E-state index in [0.29, 0.717) is 40.2 Å². The van der Waals surface area contributed by atoms with Crippen molar-refractivity contribution >= 4 is 121 Å². The number of benzene rings is 5. The average molecular weight is 1370 g/mol. The van der Waals surface area contributed by atoms with Crippen LogP contribution < -0.4 is 36.5 Å². The second kappa shape index (κ2) is 36.0. The fourth-order valence-electron chi connectivity index (χ4n) is 9.03. The van der Waals surface area contributed by atoms with E-state index in [-0.39, 0.29) is 22.9 Å². The minimum atomic E-state index is -3.76. The van der Waals surface area contributed by atoms with E-state index in [9.17, 15) is 21.6 Å². The maximum atomic E-state index is 13.5. The molecule has 0 spiro atoms. The van der Waals surface area contributed by atoms with E-state index in [1.54, 1.807) is 80.4 Å². The van der Waals surface area contributed by atoms with Gasteiger partial charge < -0.3 is 36.5 Å². The predicted octanol–water partition coefficient (Wildman–Crippen LogP) is 13.8. The molecule has 0 aliphatic heterocycles. The molecule has 0 saturated heterocycles. The van der Waals surface area contributed by atoms with E-state index < -0.39 is 19.1 Å². The number of nitrogens with two attached hydrogens (primary N) is 1. The van der Waals surface area contributed by atoms with Gasteiger partial charge in [0.1, 0.15) is 11.5 Å². The summed E-state index contributed by atoms with van der Waals surface area (Å²) in [6.07, 6.45) is 10.9. The van der Waals surface area contributed by atoms with E-state index >= 15 is 0 Å². The molecule has 484 valence electrons. The van der Waals surface area contributed by atoms with Gasteiger partial charge in [-0.3, -0.25) is 34.7 Å². The Labute approximate surface area is 561 Å². The van der Waals surface area contributed by atoms with Crippen LogP contribution in [0.25, 0.3) is 32.7 Å². The zero-order valence-corrected chi connectivity index (χ0v) is 56.3. The first-order valence-corrected chi connectivity index (χ1v) is 33.8. The number of hydrogen-bond acceptors (Lipinski definition) is 18. The van der Waals surface area contributed by atoms with Gasteiger partial charge in [0.05, 0.1) is 40.6 Å². The summed E-state index contributed by atoms with van der Waals surface area (Å²) in [6.45, 7) is 10.6. The first kappa shape index (κ1) is 71.8. The number of ether oxygens (including phenoxy) is 2. The summed E-state index contributed by atoms with van der Waals surface area (Å²) in [5, 5.41) is 18.5. The van der Waals surface area contributed by atoms with E-state index in [1.165, 1.54) is 47.4 Å². The van der Waals surface area contributed by atoms with Crippen LogP contribution in [0.15, 0.2) is 205 Å². The van der Waals surface area contributed by atoms with Gasteiger partial charge >= 0.3 is 0 Å². The molecule has 6 aromatic heterocycles. The minimum absolute atomic E-state index is 0.0740. The molecule has 5 aromatic carbocycles. The number of nitrogens with one attached hydrogen (secondary N) is 4. The first-order chi connectivity index (χ1) is 44.8. The Morgan fingerprint density at radius 1 is 0.516 bits per heavy atom. The van der Waals surface area contributed by atoms with Crippen molar-refractivity contribution in [1.82, 2.24) is 39.5 Å². The fraction of sp³-hybridized carbons (Fsp3) is 0.191. The van der Waals surface area contributed by atoms with Crippen molar-refractivity contribution in [2.75, 3.05) is 69.4 Å². The molecule has 0 aliphatic rings. The van der Waals surface area contributed by atoms with E-state index in [4.69, 9.17) is 60.7 Å². The highest BCUT2D eigenvalue weighted by molar-refractivity contribution is 8.13. The number of aryl methyl sites for hydroxylation is 3. The summed E-state index contributed by atoms with van der Waals surface area (Å²) in [7, 11) is 0.762. The van der Waals surface area contributed by atoms with Gasteiger partial charge in [-0.25, -0.2) is 16.8 Å². The molecular weight excluding hydrogens is 1300 g/mol. The predicted molar refractivity (Wildman–Crippen MR) is 375 cm³/mol. The highest BCUT2D eigenvalue weighted by atomic mass is 35.7. The topological polar surface area (TPSA) is 259 Å². The molecule has 0 bridgehead atoms. The molecule has 0 saturated carbocycles. The average Bonchev–Trinajstić information content (AvgIpc) is 0.931. The number of carbonyl (C=O) groups is 1. The van der Waals surface area contributed by atoms with Gasteiger partial charge in [-0.15, -0.1) is 0 Å². The maximum Gasteiger partial charge on any atom is 0.261 e. The SMILES string of the molecule is COc1ccc(S(=O)(=O)Cl)cc1.COc1ccc(S(=O)(=O)N(CCNc2cc(C)nc3ccc(Cl)cc23)Cc2cccnc2)cc1.Cc1cc(NCCN)c2cc(Cl)ccc2n1.Cc1cc(NCCNCc2cccnc2)c2cc(Cl)ccc2n1.O=Cc1cccnc1. The summed E-state index contributed by atoms with van der Waals surface area (Å²) >= 11 is 18.3. The van der Waals surface area contributed by atoms with Crippen molar-refractivity contribution in [2.45, 2.75) is 43.7 Å². The molecule has 11 aromatic rings. The number of fused-ring (bicyclic) bond motifs is 3. The van der Waals surface area contributed by atoms with Gasteiger partial charge in [0, 0.05) is 171 Å². The van der Waals surface area contributed by atoms with Crippen molar-refractivity contribution in [3.8, 4) is 11.5 Å². The van der Waals surface area contributed by atoms with E-state index in [1.807, 2.05) is 99.8 Å². The number of aromatic nitrogens is 6. The van der Waals surface area contributed by atoms with Gasteiger partial charge in [-0.05, 0) is 177 Å². The van der Waals surface area contributed by atoms with Crippen molar-refractivity contribution in [3.05, 3.63) is 244 Å². The lowest BCUT2D eigenvalue weighted by atomic mass is 10.1. The normalized spacial score (nSPS) is 11.0. The summed E-state index contributed by atoms with van der Waals surface area (Å²) in [5.41, 5.74) is 16.6. The molecule has 6 N–H and O–H groups in total.